The van der Waals surface area contributed by atoms with Gasteiger partial charge in [-0.2, -0.15) is 0 Å². The van der Waals surface area contributed by atoms with E-state index in [0.29, 0.717) is 0 Å². The van der Waals surface area contributed by atoms with Gasteiger partial charge in [0.15, 0.2) is 11.6 Å². The number of hydrogen-bond donors (Lipinski definition) is 2. The average Bonchev–Trinajstić information content (AvgIpc) is 2.49. The van der Waals surface area contributed by atoms with Gasteiger partial charge in [-0.15, -0.1) is 0 Å². The molecule has 1 fully saturated rings. The molecule has 0 aromatic heterocycles. The van der Waals surface area contributed by atoms with E-state index in [2.05, 4.69) is 12.2 Å². The van der Waals surface area contributed by atoms with Crippen molar-refractivity contribution in [3.8, 4) is 5.75 Å². The molecule has 1 aliphatic rings. The van der Waals surface area contributed by atoms with E-state index in [1.165, 1.54) is 6.07 Å². The summed E-state index contributed by atoms with van der Waals surface area (Å²) in [5.74, 6) is -0.109. The largest absolute Gasteiger partial charge is 0.485 e. The number of rotatable bonds is 6. The first kappa shape index (κ1) is 16.2. The van der Waals surface area contributed by atoms with E-state index >= 15 is 0 Å². The van der Waals surface area contributed by atoms with Crippen molar-refractivity contribution in [1.29, 1.82) is 0 Å². The van der Waals surface area contributed by atoms with Gasteiger partial charge in [-0.25, -0.2) is 4.39 Å². The van der Waals surface area contributed by atoms with Crippen LogP contribution in [0, 0.1) is 5.82 Å². The highest BCUT2D eigenvalue weighted by Gasteiger charge is 2.25. The molecule has 4 heteroatoms. The van der Waals surface area contributed by atoms with E-state index in [9.17, 15) is 9.50 Å². The predicted molar refractivity (Wildman–Crippen MR) is 82.0 cm³/mol. The number of hydrogen-bond acceptors (Lipinski definition) is 3. The maximum Gasteiger partial charge on any atom is 0.165 e. The third-order valence-electron chi connectivity index (χ3n) is 4.10. The van der Waals surface area contributed by atoms with E-state index in [-0.39, 0.29) is 23.7 Å². The molecule has 21 heavy (non-hydrogen) atoms. The summed E-state index contributed by atoms with van der Waals surface area (Å²) in [6.45, 7) is 5.04. The minimum absolute atomic E-state index is 0.119. The fourth-order valence-corrected chi connectivity index (χ4v) is 2.74. The molecule has 0 aliphatic heterocycles. The molecule has 2 rings (SSSR count). The average molecular weight is 295 g/mol. The second-order valence-corrected chi connectivity index (χ2v) is 5.87. The Labute approximate surface area is 126 Å². The summed E-state index contributed by atoms with van der Waals surface area (Å²) in [4.78, 5) is 0. The van der Waals surface area contributed by atoms with Crippen LogP contribution in [0.1, 0.15) is 57.6 Å². The fraction of sp³-hybridized carbons (Fsp3) is 0.647. The summed E-state index contributed by atoms with van der Waals surface area (Å²) >= 11 is 0. The highest BCUT2D eigenvalue weighted by molar-refractivity contribution is 5.31. The number of aliphatic hydroxyl groups is 1. The summed E-state index contributed by atoms with van der Waals surface area (Å²) in [6.07, 6.45) is 3.85. The molecule has 0 amide bonds. The van der Waals surface area contributed by atoms with Crippen molar-refractivity contribution in [3.63, 3.8) is 0 Å². The van der Waals surface area contributed by atoms with Crippen LogP contribution in [-0.4, -0.2) is 23.9 Å². The number of halogens is 1. The molecule has 0 bridgehead atoms. The second-order valence-electron chi connectivity index (χ2n) is 5.87. The highest BCUT2D eigenvalue weighted by atomic mass is 19.1. The number of benzene rings is 1. The van der Waals surface area contributed by atoms with Crippen LogP contribution >= 0.6 is 0 Å². The maximum absolute atomic E-state index is 14.2. The summed E-state index contributed by atoms with van der Waals surface area (Å²) in [5.41, 5.74) is 0.914. The van der Waals surface area contributed by atoms with Crippen LogP contribution < -0.4 is 10.1 Å². The summed E-state index contributed by atoms with van der Waals surface area (Å²) < 4.78 is 19.8. The van der Waals surface area contributed by atoms with Gasteiger partial charge in [-0.3, -0.25) is 0 Å². The van der Waals surface area contributed by atoms with Gasteiger partial charge in [0.25, 0.3) is 0 Å². The second kappa shape index (κ2) is 7.76. The zero-order valence-corrected chi connectivity index (χ0v) is 12.9. The van der Waals surface area contributed by atoms with Crippen LogP contribution in [0.15, 0.2) is 18.2 Å². The van der Waals surface area contributed by atoms with Crippen LogP contribution in [0.25, 0.3) is 0 Å². The zero-order chi connectivity index (χ0) is 15.2. The Morgan fingerprint density at radius 1 is 1.38 bits per heavy atom. The Kier molecular flexibility index (Phi) is 6.00. The lowest BCUT2D eigenvalue weighted by molar-refractivity contribution is 0.00498. The SMILES string of the molecule is CCCNC(C)c1ccc(OC2CCCCC2O)c(F)c1. The molecule has 3 atom stereocenters. The molecule has 0 spiro atoms. The van der Waals surface area contributed by atoms with Crippen molar-refractivity contribution >= 4 is 0 Å². The molecule has 3 unspecified atom stereocenters. The third-order valence-corrected chi connectivity index (χ3v) is 4.10. The van der Waals surface area contributed by atoms with Crippen LogP contribution in [0.2, 0.25) is 0 Å². The summed E-state index contributed by atoms with van der Waals surface area (Å²) in [7, 11) is 0. The van der Waals surface area contributed by atoms with Gasteiger partial charge in [0, 0.05) is 6.04 Å². The Morgan fingerprint density at radius 3 is 2.81 bits per heavy atom. The molecule has 0 heterocycles. The Hall–Kier alpha value is -1.13. The molecule has 0 saturated heterocycles. The molecule has 0 radical (unpaired) electrons. The Bertz CT molecular complexity index is 452. The quantitative estimate of drug-likeness (QED) is 0.843. The Morgan fingerprint density at radius 2 is 2.14 bits per heavy atom. The van der Waals surface area contributed by atoms with Crippen molar-refractivity contribution in [2.24, 2.45) is 0 Å². The molecular formula is C17H26FNO2. The lowest BCUT2D eigenvalue weighted by atomic mass is 9.95. The highest BCUT2D eigenvalue weighted by Crippen LogP contribution is 2.27. The molecule has 1 aliphatic carbocycles. The molecule has 118 valence electrons. The topological polar surface area (TPSA) is 41.5 Å². The fourth-order valence-electron chi connectivity index (χ4n) is 2.74. The van der Waals surface area contributed by atoms with Crippen molar-refractivity contribution in [1.82, 2.24) is 5.32 Å². The number of aliphatic hydroxyl groups excluding tert-OH is 1. The van der Waals surface area contributed by atoms with Gasteiger partial charge < -0.3 is 15.2 Å². The van der Waals surface area contributed by atoms with E-state index in [1.807, 2.05) is 13.0 Å². The van der Waals surface area contributed by atoms with Gasteiger partial charge in [-0.1, -0.05) is 19.4 Å². The Balaban J connectivity index is 2.01. The monoisotopic (exact) mass is 295 g/mol. The molecular weight excluding hydrogens is 269 g/mol. The van der Waals surface area contributed by atoms with Crippen molar-refractivity contribution in [3.05, 3.63) is 29.6 Å². The van der Waals surface area contributed by atoms with E-state index < -0.39 is 6.10 Å². The molecule has 1 saturated carbocycles. The summed E-state index contributed by atoms with van der Waals surface area (Å²) in [5, 5.41) is 13.2. The first-order valence-electron chi connectivity index (χ1n) is 7.99. The van der Waals surface area contributed by atoms with Gasteiger partial charge in [0.05, 0.1) is 6.10 Å². The van der Waals surface area contributed by atoms with Crippen LogP contribution in [0.4, 0.5) is 4.39 Å². The van der Waals surface area contributed by atoms with Gasteiger partial charge in [0.1, 0.15) is 6.10 Å². The molecule has 1 aromatic rings. The van der Waals surface area contributed by atoms with E-state index in [0.717, 1.165) is 44.2 Å². The molecule has 1 aromatic carbocycles. The molecule has 3 nitrogen and oxygen atoms in total. The minimum atomic E-state index is -0.483. The first-order valence-corrected chi connectivity index (χ1v) is 7.99. The van der Waals surface area contributed by atoms with Crippen LogP contribution in [0.3, 0.4) is 0 Å². The van der Waals surface area contributed by atoms with Crippen LogP contribution in [0.5, 0.6) is 5.75 Å². The molecule has 2 N–H and O–H groups in total. The van der Waals surface area contributed by atoms with Gasteiger partial charge in [-0.05, 0) is 56.8 Å². The first-order chi connectivity index (χ1) is 10.1. The van der Waals surface area contributed by atoms with Crippen molar-refractivity contribution in [2.75, 3.05) is 6.54 Å². The van der Waals surface area contributed by atoms with Crippen molar-refractivity contribution < 1.29 is 14.2 Å². The minimum Gasteiger partial charge on any atom is -0.485 e. The third kappa shape index (κ3) is 4.42. The van der Waals surface area contributed by atoms with Crippen molar-refractivity contribution in [2.45, 2.75) is 64.2 Å². The zero-order valence-electron chi connectivity index (χ0n) is 12.9. The normalized spacial score (nSPS) is 23.8. The number of ether oxygens (including phenoxy) is 1. The van der Waals surface area contributed by atoms with Gasteiger partial charge in [0.2, 0.25) is 0 Å². The standard InChI is InChI=1S/C17H26FNO2/c1-3-10-19-12(2)13-8-9-16(14(18)11-13)21-17-7-5-4-6-15(17)20/h8-9,11-12,15,17,19-20H,3-7,10H2,1-2H3. The van der Waals surface area contributed by atoms with E-state index in [1.54, 1.807) is 6.07 Å². The maximum atomic E-state index is 14.2. The number of nitrogens with one attached hydrogen (secondary N) is 1. The lowest BCUT2D eigenvalue weighted by Crippen LogP contribution is -2.34. The predicted octanol–water partition coefficient (Wildman–Crippen LogP) is 3.57. The van der Waals surface area contributed by atoms with E-state index in [4.69, 9.17) is 4.74 Å². The smallest absolute Gasteiger partial charge is 0.165 e. The van der Waals surface area contributed by atoms with Gasteiger partial charge >= 0.3 is 0 Å². The van der Waals surface area contributed by atoms with Crippen LogP contribution in [-0.2, 0) is 0 Å². The lowest BCUT2D eigenvalue weighted by Gasteiger charge is -2.28. The summed E-state index contributed by atoms with van der Waals surface area (Å²) in [6, 6.07) is 5.21.